The first-order valence-corrected chi connectivity index (χ1v) is 5.68. The second-order valence-electron chi connectivity index (χ2n) is 4.96. The van der Waals surface area contributed by atoms with E-state index in [9.17, 15) is 17.3 Å². The van der Waals surface area contributed by atoms with Crippen molar-refractivity contribution in [1.29, 1.82) is 5.39 Å². The summed E-state index contributed by atoms with van der Waals surface area (Å²) in [4.78, 5) is 3.16. The van der Waals surface area contributed by atoms with Gasteiger partial charge in [-0.2, -0.15) is 5.11 Å². The SMILES string of the molecule is Cc1ccc([N+]#N)c(N=NC(C)(C)C)c1.F[B-](F)(F)F. The van der Waals surface area contributed by atoms with Gasteiger partial charge in [-0.1, -0.05) is 6.07 Å². The number of hydrogen-bond acceptors (Lipinski definition) is 3. The fraction of sp³-hybridized carbons (Fsp3) is 0.455. The molecule has 0 N–H and O–H groups in total. The maximum absolute atomic E-state index is 9.75. The zero-order valence-corrected chi connectivity index (χ0v) is 11.6. The van der Waals surface area contributed by atoms with Crippen LogP contribution in [0.2, 0.25) is 0 Å². The molecule has 0 aromatic heterocycles. The van der Waals surface area contributed by atoms with E-state index in [-0.39, 0.29) is 5.54 Å². The van der Waals surface area contributed by atoms with Crippen molar-refractivity contribution in [1.82, 2.24) is 0 Å². The van der Waals surface area contributed by atoms with Crippen molar-refractivity contribution in [3.05, 3.63) is 28.7 Å². The van der Waals surface area contributed by atoms with Crippen molar-refractivity contribution in [2.75, 3.05) is 0 Å². The molecule has 0 aliphatic rings. The quantitative estimate of drug-likeness (QED) is 0.285. The van der Waals surface area contributed by atoms with Gasteiger partial charge < -0.3 is 17.3 Å². The highest BCUT2D eigenvalue weighted by Crippen LogP contribution is 2.30. The average Bonchev–Trinajstić information content (AvgIpc) is 2.23. The summed E-state index contributed by atoms with van der Waals surface area (Å²) in [6, 6.07) is 5.42. The van der Waals surface area contributed by atoms with Gasteiger partial charge in [0, 0.05) is 6.07 Å². The predicted molar refractivity (Wildman–Crippen MR) is 70.4 cm³/mol. The number of nitrogens with zero attached hydrogens (tertiary/aromatic N) is 4. The lowest BCUT2D eigenvalue weighted by Gasteiger charge is -2.08. The minimum absolute atomic E-state index is 0.226. The van der Waals surface area contributed by atoms with Crippen LogP contribution in [-0.4, -0.2) is 12.8 Å². The van der Waals surface area contributed by atoms with E-state index in [2.05, 4.69) is 15.2 Å². The Balaban J connectivity index is 0.000000621. The van der Waals surface area contributed by atoms with Crippen LogP contribution in [0.3, 0.4) is 0 Å². The van der Waals surface area contributed by atoms with Crippen molar-refractivity contribution in [2.24, 2.45) is 10.2 Å². The van der Waals surface area contributed by atoms with Crippen LogP contribution in [0.4, 0.5) is 28.6 Å². The first-order valence-electron chi connectivity index (χ1n) is 5.68. The Kier molecular flexibility index (Phi) is 6.29. The topological polar surface area (TPSA) is 52.9 Å². The van der Waals surface area contributed by atoms with Crippen molar-refractivity contribution in [3.63, 3.8) is 0 Å². The average molecular weight is 290 g/mol. The van der Waals surface area contributed by atoms with Gasteiger partial charge in [0.25, 0.3) is 0 Å². The van der Waals surface area contributed by atoms with Crippen LogP contribution in [0.1, 0.15) is 26.3 Å². The van der Waals surface area contributed by atoms with E-state index in [0.29, 0.717) is 11.4 Å². The van der Waals surface area contributed by atoms with E-state index >= 15 is 0 Å². The highest BCUT2D eigenvalue weighted by molar-refractivity contribution is 6.50. The van der Waals surface area contributed by atoms with Gasteiger partial charge in [0.15, 0.2) is 10.7 Å². The molecule has 0 radical (unpaired) electrons. The minimum atomic E-state index is -6.00. The number of rotatable bonds is 1. The summed E-state index contributed by atoms with van der Waals surface area (Å²) in [7, 11) is -6.00. The van der Waals surface area contributed by atoms with Crippen molar-refractivity contribution < 1.29 is 17.3 Å². The minimum Gasteiger partial charge on any atom is -0.418 e. The molecule has 9 heteroatoms. The molecule has 0 fully saturated rings. The molecule has 0 saturated carbocycles. The molecule has 0 aliphatic heterocycles. The second kappa shape index (κ2) is 6.98. The number of benzene rings is 1. The molecule has 0 spiro atoms. The molecule has 1 aromatic rings. The van der Waals surface area contributed by atoms with Gasteiger partial charge in [0.2, 0.25) is 5.39 Å². The van der Waals surface area contributed by atoms with E-state index in [1.807, 2.05) is 39.8 Å². The van der Waals surface area contributed by atoms with Crippen molar-refractivity contribution in [2.45, 2.75) is 33.2 Å². The Morgan fingerprint density at radius 2 is 1.65 bits per heavy atom. The molecular formula is C11H15BF4N4. The third kappa shape index (κ3) is 9.99. The van der Waals surface area contributed by atoms with Gasteiger partial charge in [-0.25, -0.2) is 0 Å². The molecule has 0 aliphatic carbocycles. The summed E-state index contributed by atoms with van der Waals surface area (Å²) in [5.41, 5.74) is 1.86. The summed E-state index contributed by atoms with van der Waals surface area (Å²) in [6.07, 6.45) is 0. The van der Waals surface area contributed by atoms with E-state index < -0.39 is 7.25 Å². The molecular weight excluding hydrogens is 275 g/mol. The lowest BCUT2D eigenvalue weighted by molar-refractivity contribution is 0.368. The standard InChI is InChI=1S/C11H15N4.BF4/c1-8-5-6-9(13-12)10(7-8)14-15-11(2,3)4;2-1(3,4)5/h5-7H,1-4H3;/q+1;-1. The Morgan fingerprint density at radius 1 is 1.15 bits per heavy atom. The van der Waals surface area contributed by atoms with Gasteiger partial charge in [-0.05, 0) is 39.3 Å². The van der Waals surface area contributed by atoms with Gasteiger partial charge in [-0.15, -0.1) is 5.11 Å². The fourth-order valence-corrected chi connectivity index (χ4v) is 1.00. The molecule has 0 bridgehead atoms. The second-order valence-corrected chi connectivity index (χ2v) is 4.96. The van der Waals surface area contributed by atoms with E-state index in [1.54, 1.807) is 6.07 Å². The van der Waals surface area contributed by atoms with Gasteiger partial charge >= 0.3 is 12.9 Å². The van der Waals surface area contributed by atoms with Crippen LogP contribution in [0.25, 0.3) is 4.98 Å². The highest BCUT2D eigenvalue weighted by Gasteiger charge is 2.20. The summed E-state index contributed by atoms with van der Waals surface area (Å²) in [6.45, 7) is 7.84. The maximum atomic E-state index is 9.75. The Bertz CT molecular complexity index is 509. The van der Waals surface area contributed by atoms with Crippen LogP contribution in [0, 0.1) is 12.3 Å². The molecule has 0 heterocycles. The summed E-state index contributed by atoms with van der Waals surface area (Å²) < 4.78 is 39.0. The van der Waals surface area contributed by atoms with Gasteiger partial charge in [0.1, 0.15) is 0 Å². The summed E-state index contributed by atoms with van der Waals surface area (Å²) in [5.74, 6) is 0. The summed E-state index contributed by atoms with van der Waals surface area (Å²) >= 11 is 0. The molecule has 20 heavy (non-hydrogen) atoms. The normalized spacial score (nSPS) is 11.8. The zero-order valence-electron chi connectivity index (χ0n) is 11.6. The number of diazo groups is 1. The molecule has 0 atom stereocenters. The smallest absolute Gasteiger partial charge is 0.418 e. The van der Waals surface area contributed by atoms with E-state index in [0.717, 1.165) is 5.56 Å². The van der Waals surface area contributed by atoms with Crippen LogP contribution < -0.4 is 0 Å². The highest BCUT2D eigenvalue weighted by atomic mass is 19.5. The number of azo groups is 1. The molecule has 1 aromatic carbocycles. The molecule has 0 unspecified atom stereocenters. The van der Waals surface area contributed by atoms with Gasteiger partial charge in [0.05, 0.1) is 5.54 Å². The van der Waals surface area contributed by atoms with Crippen LogP contribution in [0.15, 0.2) is 28.4 Å². The molecule has 1 rings (SSSR count). The van der Waals surface area contributed by atoms with Gasteiger partial charge in [-0.3, -0.25) is 0 Å². The lowest BCUT2D eigenvalue weighted by atomic mass is 10.1. The first kappa shape index (κ1) is 18.0. The van der Waals surface area contributed by atoms with Crippen LogP contribution >= 0.6 is 0 Å². The van der Waals surface area contributed by atoms with E-state index in [1.165, 1.54) is 0 Å². The summed E-state index contributed by atoms with van der Waals surface area (Å²) in [5, 5.41) is 17.0. The molecule has 0 saturated heterocycles. The predicted octanol–water partition coefficient (Wildman–Crippen LogP) is 5.66. The fourth-order valence-electron chi connectivity index (χ4n) is 1.00. The maximum Gasteiger partial charge on any atom is 0.673 e. The van der Waals surface area contributed by atoms with Crippen LogP contribution in [-0.2, 0) is 0 Å². The largest absolute Gasteiger partial charge is 0.673 e. The third-order valence-corrected chi connectivity index (χ3v) is 1.70. The molecule has 0 amide bonds. The zero-order chi connectivity index (χ0) is 16.0. The van der Waals surface area contributed by atoms with Crippen molar-refractivity contribution in [3.8, 4) is 0 Å². The Morgan fingerprint density at radius 3 is 2.05 bits per heavy atom. The number of halogens is 4. The molecule has 110 valence electrons. The van der Waals surface area contributed by atoms with E-state index in [4.69, 9.17) is 5.39 Å². The van der Waals surface area contributed by atoms with Crippen LogP contribution in [0.5, 0.6) is 0 Å². The Hall–Kier alpha value is -1.98. The lowest BCUT2D eigenvalue weighted by Crippen LogP contribution is -2.07. The van der Waals surface area contributed by atoms with Crippen molar-refractivity contribution >= 4 is 18.6 Å². The molecule has 4 nitrogen and oxygen atoms in total. The Labute approximate surface area is 114 Å². The monoisotopic (exact) mass is 290 g/mol. The number of aryl methyl sites for hydroxylation is 1. The number of hydrogen-bond donors (Lipinski definition) is 0. The first-order chi connectivity index (χ1) is 8.92. The third-order valence-electron chi connectivity index (χ3n) is 1.70.